The minimum atomic E-state index is -0.389. The SMILES string of the molecule is COCCOCCOCCOCCOc1c(C=O)cccc1-c1ccc(-c2c3c(nn2-c2ccc([N+](=O)[O-])cc2)C2CC(C3)C2(C)C)cc1. The number of hydrogen-bond donors (Lipinski definition) is 0. The van der Waals surface area contributed by atoms with Crippen molar-refractivity contribution in [1.82, 2.24) is 9.78 Å². The number of nitro groups is 1. The molecule has 0 amide bonds. The second-order valence-electron chi connectivity index (χ2n) is 13.0. The second kappa shape index (κ2) is 15.4. The molecule has 3 aromatic carbocycles. The highest BCUT2D eigenvalue weighted by Crippen LogP contribution is 2.63. The van der Waals surface area contributed by atoms with Gasteiger partial charge in [-0.2, -0.15) is 5.10 Å². The van der Waals surface area contributed by atoms with Gasteiger partial charge < -0.3 is 23.7 Å². The molecule has 0 aliphatic heterocycles. The molecule has 3 aliphatic rings. The Morgan fingerprint density at radius 1 is 0.878 bits per heavy atom. The van der Waals surface area contributed by atoms with E-state index in [9.17, 15) is 14.9 Å². The van der Waals surface area contributed by atoms with Gasteiger partial charge in [0.15, 0.2) is 6.29 Å². The van der Waals surface area contributed by atoms with E-state index < -0.39 is 0 Å². The number of carbonyl (C=O) groups excluding carboxylic acids is 1. The Morgan fingerprint density at radius 2 is 1.51 bits per heavy atom. The van der Waals surface area contributed by atoms with Crippen LogP contribution in [-0.4, -0.2) is 81.0 Å². The van der Waals surface area contributed by atoms with Crippen LogP contribution in [0, 0.1) is 21.4 Å². The van der Waals surface area contributed by atoms with Crippen molar-refractivity contribution >= 4 is 12.0 Å². The summed E-state index contributed by atoms with van der Waals surface area (Å²) >= 11 is 0. The molecular formula is C38H43N3O8. The van der Waals surface area contributed by atoms with Gasteiger partial charge in [-0.25, -0.2) is 4.68 Å². The van der Waals surface area contributed by atoms with Gasteiger partial charge in [-0.1, -0.05) is 50.2 Å². The van der Waals surface area contributed by atoms with E-state index in [4.69, 9.17) is 28.8 Å². The van der Waals surface area contributed by atoms with Crippen molar-refractivity contribution in [2.75, 3.05) is 60.0 Å². The lowest BCUT2D eigenvalue weighted by Crippen LogP contribution is -2.48. The van der Waals surface area contributed by atoms with E-state index in [1.54, 1.807) is 25.3 Å². The van der Waals surface area contributed by atoms with E-state index in [0.29, 0.717) is 69.4 Å². The fourth-order valence-corrected chi connectivity index (χ4v) is 6.95. The first kappa shape index (κ1) is 34.4. The van der Waals surface area contributed by atoms with Gasteiger partial charge in [0.05, 0.1) is 73.8 Å². The monoisotopic (exact) mass is 669 g/mol. The second-order valence-corrected chi connectivity index (χ2v) is 13.0. The number of para-hydroxylation sites is 1. The maximum atomic E-state index is 12.0. The number of carbonyl (C=O) groups is 1. The van der Waals surface area contributed by atoms with Gasteiger partial charge in [0.25, 0.3) is 5.69 Å². The van der Waals surface area contributed by atoms with Gasteiger partial charge in [0.2, 0.25) is 0 Å². The number of ether oxygens (including phenoxy) is 5. The van der Waals surface area contributed by atoms with Crippen LogP contribution >= 0.6 is 0 Å². The van der Waals surface area contributed by atoms with Crippen molar-refractivity contribution in [2.45, 2.75) is 32.6 Å². The number of benzene rings is 3. The quantitative estimate of drug-likeness (QED) is 0.0493. The lowest BCUT2D eigenvalue weighted by molar-refractivity contribution is -0.384. The van der Waals surface area contributed by atoms with Gasteiger partial charge in [-0.15, -0.1) is 0 Å². The van der Waals surface area contributed by atoms with Crippen LogP contribution in [-0.2, 0) is 25.4 Å². The Balaban J connectivity index is 1.17. The van der Waals surface area contributed by atoms with E-state index in [1.165, 1.54) is 17.7 Å². The molecule has 1 fully saturated rings. The molecule has 0 N–H and O–H groups in total. The zero-order chi connectivity index (χ0) is 34.4. The Hall–Kier alpha value is -4.42. The smallest absolute Gasteiger partial charge is 0.269 e. The summed E-state index contributed by atoms with van der Waals surface area (Å²) in [5.74, 6) is 1.48. The molecular weight excluding hydrogens is 626 g/mol. The fourth-order valence-electron chi connectivity index (χ4n) is 6.95. The van der Waals surface area contributed by atoms with Crippen LogP contribution in [0.2, 0.25) is 0 Å². The predicted octanol–water partition coefficient (Wildman–Crippen LogP) is 6.69. The third-order valence-electron chi connectivity index (χ3n) is 9.86. The molecule has 3 aliphatic carbocycles. The standard InChI is InChI=1S/C38H43N3O8/c1-38(2)29-23-33-35(34(38)24-29)39-40(30-11-13-31(14-12-30)41(43)44)36(33)27-9-7-26(8-10-27)32-6-4-5-28(25-42)37(32)49-22-21-48-20-19-47-18-17-46-16-15-45-3/h4-14,25,29,34H,15-24H2,1-3H3. The molecule has 2 atom stereocenters. The van der Waals surface area contributed by atoms with E-state index in [0.717, 1.165) is 52.9 Å². The maximum Gasteiger partial charge on any atom is 0.269 e. The largest absolute Gasteiger partial charge is 0.490 e. The number of nitrogens with zero attached hydrogens (tertiary/aromatic N) is 3. The van der Waals surface area contributed by atoms with E-state index >= 15 is 0 Å². The molecule has 11 heteroatoms. The third-order valence-corrected chi connectivity index (χ3v) is 9.86. The van der Waals surface area contributed by atoms with Crippen LogP contribution in [0.4, 0.5) is 5.69 Å². The molecule has 0 spiro atoms. The maximum absolute atomic E-state index is 12.0. The number of hydrogen-bond acceptors (Lipinski definition) is 9. The lowest BCUT2D eigenvalue weighted by atomic mass is 9.48. The van der Waals surface area contributed by atoms with Gasteiger partial charge in [0.1, 0.15) is 12.4 Å². The molecule has 258 valence electrons. The molecule has 1 saturated carbocycles. The average molecular weight is 670 g/mol. The van der Waals surface area contributed by atoms with E-state index in [1.807, 2.05) is 28.9 Å². The highest BCUT2D eigenvalue weighted by Gasteiger charge is 2.54. The van der Waals surface area contributed by atoms with Gasteiger partial charge >= 0.3 is 0 Å². The number of rotatable bonds is 18. The summed E-state index contributed by atoms with van der Waals surface area (Å²) in [6, 6.07) is 20.3. The minimum Gasteiger partial charge on any atom is -0.490 e. The third kappa shape index (κ3) is 7.30. The zero-order valence-electron chi connectivity index (χ0n) is 28.3. The van der Waals surface area contributed by atoms with Gasteiger partial charge in [-0.05, 0) is 47.9 Å². The van der Waals surface area contributed by atoms with Crippen LogP contribution in [0.25, 0.3) is 28.1 Å². The number of non-ortho nitro benzene ring substituents is 1. The molecule has 1 aromatic heterocycles. The van der Waals surface area contributed by atoms with Crippen molar-refractivity contribution in [3.8, 4) is 33.8 Å². The summed E-state index contributed by atoms with van der Waals surface area (Å²) in [6.07, 6.45) is 2.88. The molecule has 2 unspecified atom stereocenters. The fraction of sp³-hybridized carbons (Fsp3) is 0.421. The molecule has 1 heterocycles. The predicted molar refractivity (Wildman–Crippen MR) is 185 cm³/mol. The van der Waals surface area contributed by atoms with Crippen LogP contribution in [0.5, 0.6) is 5.75 Å². The summed E-state index contributed by atoms with van der Waals surface area (Å²) in [5, 5.41) is 16.5. The van der Waals surface area contributed by atoms with Crippen LogP contribution in [0.15, 0.2) is 66.7 Å². The first-order chi connectivity index (χ1) is 23.8. The minimum absolute atomic E-state index is 0.0432. The van der Waals surface area contributed by atoms with Crippen LogP contribution in [0.3, 0.4) is 0 Å². The van der Waals surface area contributed by atoms with Crippen LogP contribution < -0.4 is 4.74 Å². The van der Waals surface area contributed by atoms with Crippen LogP contribution in [0.1, 0.15) is 47.8 Å². The van der Waals surface area contributed by atoms with E-state index in [-0.39, 0.29) is 22.6 Å². The Kier molecular flexibility index (Phi) is 10.8. The summed E-state index contributed by atoms with van der Waals surface area (Å²) < 4.78 is 29.6. The topological polar surface area (TPSA) is 124 Å². The molecule has 2 bridgehead atoms. The number of aromatic nitrogens is 2. The average Bonchev–Trinajstić information content (AvgIpc) is 3.52. The highest BCUT2D eigenvalue weighted by atomic mass is 16.6. The van der Waals surface area contributed by atoms with Crippen molar-refractivity contribution in [1.29, 1.82) is 0 Å². The van der Waals surface area contributed by atoms with Gasteiger partial charge in [0, 0.05) is 41.9 Å². The van der Waals surface area contributed by atoms with Crippen molar-refractivity contribution in [3.63, 3.8) is 0 Å². The lowest BCUT2D eigenvalue weighted by Gasteiger charge is -2.55. The molecule has 0 radical (unpaired) electrons. The normalized spacial score (nSPS) is 17.3. The zero-order valence-corrected chi connectivity index (χ0v) is 28.3. The summed E-state index contributed by atoms with van der Waals surface area (Å²) in [7, 11) is 1.63. The molecule has 7 rings (SSSR count). The number of methoxy groups -OCH3 is 1. The Labute approximate surface area is 286 Å². The Morgan fingerprint density at radius 3 is 2.12 bits per heavy atom. The van der Waals surface area contributed by atoms with E-state index in [2.05, 4.69) is 26.0 Å². The molecule has 49 heavy (non-hydrogen) atoms. The first-order valence-corrected chi connectivity index (χ1v) is 16.7. The highest BCUT2D eigenvalue weighted by molar-refractivity contribution is 5.86. The molecule has 11 nitrogen and oxygen atoms in total. The number of aldehydes is 1. The summed E-state index contributed by atoms with van der Waals surface area (Å²) in [6.45, 7) is 8.22. The molecule has 0 saturated heterocycles. The summed E-state index contributed by atoms with van der Waals surface area (Å²) in [5.41, 5.74) is 7.59. The summed E-state index contributed by atoms with van der Waals surface area (Å²) in [4.78, 5) is 22.9. The van der Waals surface area contributed by atoms with Crippen molar-refractivity contribution in [3.05, 3.63) is 93.7 Å². The van der Waals surface area contributed by atoms with Gasteiger partial charge in [-0.3, -0.25) is 14.9 Å². The molecule has 4 aromatic rings. The number of nitro benzene ring substituents is 1. The Bertz CT molecular complexity index is 1750. The first-order valence-electron chi connectivity index (χ1n) is 16.7. The van der Waals surface area contributed by atoms with Crippen molar-refractivity contribution < 1.29 is 33.4 Å². The van der Waals surface area contributed by atoms with Crippen molar-refractivity contribution in [2.24, 2.45) is 11.3 Å².